The predicted octanol–water partition coefficient (Wildman–Crippen LogP) is 3.75. The smallest absolute Gasteiger partial charge is 0.0928 e. The third-order valence-corrected chi connectivity index (χ3v) is 4.15. The predicted molar refractivity (Wildman–Crippen MR) is 85.3 cm³/mol. The fourth-order valence-electron chi connectivity index (χ4n) is 2.66. The Hall–Kier alpha value is -1.26. The van der Waals surface area contributed by atoms with E-state index in [9.17, 15) is 0 Å². The first-order valence-corrected chi connectivity index (χ1v) is 8.02. The third kappa shape index (κ3) is 3.64. The van der Waals surface area contributed by atoms with Crippen molar-refractivity contribution in [1.82, 2.24) is 14.9 Å². The van der Waals surface area contributed by atoms with Crippen LogP contribution < -0.4 is 5.32 Å². The van der Waals surface area contributed by atoms with Gasteiger partial charge in [0.2, 0.25) is 0 Å². The third-order valence-electron chi connectivity index (χ3n) is 3.62. The molecule has 1 atom stereocenters. The van der Waals surface area contributed by atoms with E-state index in [4.69, 9.17) is 0 Å². The van der Waals surface area contributed by atoms with Crippen molar-refractivity contribution in [3.05, 3.63) is 45.5 Å². The number of hydrogen-bond donors (Lipinski definition) is 1. The average molecular weight is 289 g/mol. The second-order valence-electron chi connectivity index (χ2n) is 5.42. The van der Waals surface area contributed by atoms with Gasteiger partial charge in [-0.1, -0.05) is 29.1 Å². The lowest BCUT2D eigenvalue weighted by molar-refractivity contribution is 0.515. The van der Waals surface area contributed by atoms with E-state index in [0.717, 1.165) is 25.1 Å². The zero-order chi connectivity index (χ0) is 14.5. The molecule has 1 N–H and O–H groups in total. The van der Waals surface area contributed by atoms with E-state index >= 15 is 0 Å². The molecule has 0 aliphatic rings. The molecule has 0 aliphatic carbocycles. The highest BCUT2D eigenvalue weighted by molar-refractivity contribution is 7.03. The molecule has 0 bridgehead atoms. The molecule has 0 fully saturated rings. The van der Waals surface area contributed by atoms with Gasteiger partial charge in [-0.3, -0.25) is 0 Å². The summed E-state index contributed by atoms with van der Waals surface area (Å²) in [6.07, 6.45) is 2.10. The van der Waals surface area contributed by atoms with Gasteiger partial charge in [-0.15, -0.1) is 5.10 Å². The van der Waals surface area contributed by atoms with Gasteiger partial charge in [0.25, 0.3) is 0 Å². The second-order valence-corrected chi connectivity index (χ2v) is 6.03. The van der Waals surface area contributed by atoms with Crippen LogP contribution in [0.15, 0.2) is 17.5 Å². The van der Waals surface area contributed by atoms with Crippen LogP contribution in [0.2, 0.25) is 0 Å². The maximum absolute atomic E-state index is 4.25. The minimum atomic E-state index is 0.258. The lowest BCUT2D eigenvalue weighted by atomic mass is 9.93. The lowest BCUT2D eigenvalue weighted by Crippen LogP contribution is -2.25. The molecule has 3 nitrogen and oxygen atoms in total. The van der Waals surface area contributed by atoms with Gasteiger partial charge in [-0.25, -0.2) is 0 Å². The summed E-state index contributed by atoms with van der Waals surface area (Å²) in [4.78, 5) is 0. The van der Waals surface area contributed by atoms with Crippen LogP contribution in [-0.2, 0) is 6.42 Å². The molecule has 0 spiro atoms. The number of benzene rings is 1. The van der Waals surface area contributed by atoms with Gasteiger partial charge in [-0.05, 0) is 68.4 Å². The molecule has 1 aromatic heterocycles. The summed E-state index contributed by atoms with van der Waals surface area (Å²) in [6, 6.07) is 4.78. The van der Waals surface area contributed by atoms with Crippen LogP contribution in [0.1, 0.15) is 47.3 Å². The Morgan fingerprint density at radius 2 is 1.90 bits per heavy atom. The molecule has 4 heteroatoms. The average Bonchev–Trinajstić information content (AvgIpc) is 2.91. The zero-order valence-electron chi connectivity index (χ0n) is 12.7. The molecule has 0 saturated carbocycles. The highest BCUT2D eigenvalue weighted by Gasteiger charge is 2.16. The zero-order valence-corrected chi connectivity index (χ0v) is 13.5. The van der Waals surface area contributed by atoms with E-state index in [-0.39, 0.29) is 6.04 Å². The van der Waals surface area contributed by atoms with Gasteiger partial charge < -0.3 is 5.32 Å². The Kier molecular flexibility index (Phi) is 5.26. The molecule has 20 heavy (non-hydrogen) atoms. The van der Waals surface area contributed by atoms with Crippen LogP contribution >= 0.6 is 11.5 Å². The fourth-order valence-corrected chi connectivity index (χ4v) is 3.17. The molecule has 0 amide bonds. The monoisotopic (exact) mass is 289 g/mol. The number of nitrogens with zero attached hydrogens (tertiary/aromatic N) is 2. The summed E-state index contributed by atoms with van der Waals surface area (Å²) < 4.78 is 4.00. The Morgan fingerprint density at radius 3 is 2.45 bits per heavy atom. The normalized spacial score (nSPS) is 12.6. The summed E-state index contributed by atoms with van der Waals surface area (Å²) in [6.45, 7) is 9.75. The van der Waals surface area contributed by atoms with E-state index in [2.05, 4.69) is 54.7 Å². The molecular formula is C16H23N3S. The number of aryl methyl sites for hydroxylation is 3. The lowest BCUT2D eigenvalue weighted by Gasteiger charge is -2.19. The molecule has 108 valence electrons. The minimum absolute atomic E-state index is 0.258. The molecule has 2 rings (SSSR count). The molecule has 1 unspecified atom stereocenters. The summed E-state index contributed by atoms with van der Waals surface area (Å²) in [5, 5.41) is 9.89. The van der Waals surface area contributed by atoms with E-state index in [0.29, 0.717) is 0 Å². The van der Waals surface area contributed by atoms with Gasteiger partial charge in [0, 0.05) is 5.38 Å². The Bertz CT molecular complexity index is 526. The van der Waals surface area contributed by atoms with E-state index in [1.807, 2.05) is 5.38 Å². The van der Waals surface area contributed by atoms with Crippen LogP contribution in [-0.4, -0.2) is 16.1 Å². The van der Waals surface area contributed by atoms with Crippen LogP contribution in [0.25, 0.3) is 0 Å². The van der Waals surface area contributed by atoms with Crippen molar-refractivity contribution < 1.29 is 0 Å². The van der Waals surface area contributed by atoms with Crippen molar-refractivity contribution in [3.8, 4) is 0 Å². The van der Waals surface area contributed by atoms with Crippen molar-refractivity contribution in [3.63, 3.8) is 0 Å². The van der Waals surface area contributed by atoms with Gasteiger partial charge in [0.1, 0.15) is 0 Å². The van der Waals surface area contributed by atoms with Crippen LogP contribution in [0.4, 0.5) is 0 Å². The number of hydrogen-bond acceptors (Lipinski definition) is 4. The highest BCUT2D eigenvalue weighted by Crippen LogP contribution is 2.23. The summed E-state index contributed by atoms with van der Waals surface area (Å²) >= 11 is 1.42. The minimum Gasteiger partial charge on any atom is -0.308 e. The van der Waals surface area contributed by atoms with Gasteiger partial charge in [0.15, 0.2) is 0 Å². The SMILES string of the molecule is CCCNC(Cc1c(C)cc(C)cc1C)c1csnn1. The van der Waals surface area contributed by atoms with Crippen LogP contribution in [0.3, 0.4) is 0 Å². The Morgan fingerprint density at radius 1 is 1.20 bits per heavy atom. The topological polar surface area (TPSA) is 37.8 Å². The molecule has 0 aliphatic heterocycles. The molecule has 0 saturated heterocycles. The van der Waals surface area contributed by atoms with Crippen LogP contribution in [0, 0.1) is 20.8 Å². The Labute approximate surface area is 125 Å². The van der Waals surface area contributed by atoms with Gasteiger partial charge in [-0.2, -0.15) is 0 Å². The van der Waals surface area contributed by atoms with Gasteiger partial charge in [0.05, 0.1) is 11.7 Å². The number of nitrogens with one attached hydrogen (secondary N) is 1. The number of rotatable bonds is 6. The summed E-state index contributed by atoms with van der Waals surface area (Å²) in [5.41, 5.74) is 6.56. The van der Waals surface area contributed by atoms with Crippen LogP contribution in [0.5, 0.6) is 0 Å². The maximum Gasteiger partial charge on any atom is 0.0928 e. The molecular weight excluding hydrogens is 266 g/mol. The van der Waals surface area contributed by atoms with Crippen molar-refractivity contribution >= 4 is 11.5 Å². The van der Waals surface area contributed by atoms with Gasteiger partial charge >= 0.3 is 0 Å². The highest BCUT2D eigenvalue weighted by atomic mass is 32.1. The molecule has 1 heterocycles. The second kappa shape index (κ2) is 6.95. The molecule has 0 radical (unpaired) electrons. The molecule has 2 aromatic rings. The first kappa shape index (κ1) is 15.1. The first-order valence-electron chi connectivity index (χ1n) is 7.19. The maximum atomic E-state index is 4.25. The molecule has 1 aromatic carbocycles. The standard InChI is InChI=1S/C16H23N3S/c1-5-6-17-15(16-10-20-19-18-16)9-14-12(3)7-11(2)8-13(14)4/h7-8,10,15,17H,5-6,9H2,1-4H3. The Balaban J connectivity index is 2.24. The van der Waals surface area contributed by atoms with Crippen molar-refractivity contribution in [2.24, 2.45) is 0 Å². The fraction of sp³-hybridized carbons (Fsp3) is 0.500. The van der Waals surface area contributed by atoms with E-state index < -0.39 is 0 Å². The van der Waals surface area contributed by atoms with Crippen molar-refractivity contribution in [2.45, 2.75) is 46.6 Å². The largest absolute Gasteiger partial charge is 0.308 e. The van der Waals surface area contributed by atoms with Crippen molar-refractivity contribution in [1.29, 1.82) is 0 Å². The summed E-state index contributed by atoms with van der Waals surface area (Å²) in [7, 11) is 0. The summed E-state index contributed by atoms with van der Waals surface area (Å²) in [5.74, 6) is 0. The first-order chi connectivity index (χ1) is 9.61. The quantitative estimate of drug-likeness (QED) is 0.880. The van der Waals surface area contributed by atoms with E-state index in [1.54, 1.807) is 0 Å². The number of aromatic nitrogens is 2. The van der Waals surface area contributed by atoms with E-state index in [1.165, 1.54) is 33.8 Å². The van der Waals surface area contributed by atoms with Crippen molar-refractivity contribution in [2.75, 3.05) is 6.54 Å².